The van der Waals surface area contributed by atoms with Crippen LogP contribution in [0.1, 0.15) is 54.2 Å². The van der Waals surface area contributed by atoms with E-state index in [-0.39, 0.29) is 27.1 Å². The van der Waals surface area contributed by atoms with Crippen molar-refractivity contribution in [2.24, 2.45) is 0 Å². The molecule has 0 nitrogen and oxygen atoms in total. The molecule has 1 aliphatic carbocycles. The molecule has 1 heteroatoms. The monoisotopic (exact) mass is 275 g/mol. The molecule has 1 unspecified atom stereocenters. The van der Waals surface area contributed by atoms with E-state index in [1.54, 1.807) is 0 Å². The van der Waals surface area contributed by atoms with Gasteiger partial charge in [-0.3, -0.25) is 0 Å². The first-order chi connectivity index (χ1) is 7.71. The number of hydrogen-bond donors (Lipinski definition) is 0. The van der Waals surface area contributed by atoms with Crippen molar-refractivity contribution >= 4 is 5.57 Å². The summed E-state index contributed by atoms with van der Waals surface area (Å²) in [5, 5.41) is 0. The molecule has 1 atom stereocenters. The van der Waals surface area contributed by atoms with Crippen LogP contribution >= 0.6 is 0 Å². The van der Waals surface area contributed by atoms with Crippen molar-refractivity contribution < 1.29 is 21.7 Å². The van der Waals surface area contributed by atoms with Crippen LogP contribution < -0.4 is 0 Å². The minimum Gasteiger partial charge on any atom is -0.329 e. The SMILES string of the molecule is [CH2-]C1(C)C(C)=C(C)c2c(C)c(C)c(C)c(C)c21.[Ti+2]. The van der Waals surface area contributed by atoms with E-state index in [0.29, 0.717) is 0 Å². The van der Waals surface area contributed by atoms with Gasteiger partial charge < -0.3 is 6.92 Å². The summed E-state index contributed by atoms with van der Waals surface area (Å²) in [5.74, 6) is 0. The smallest absolute Gasteiger partial charge is 0.329 e. The van der Waals surface area contributed by atoms with E-state index in [1.807, 2.05) is 0 Å². The van der Waals surface area contributed by atoms with E-state index < -0.39 is 0 Å². The van der Waals surface area contributed by atoms with Crippen LogP contribution in [0, 0.1) is 34.6 Å². The Morgan fingerprint density at radius 1 is 0.778 bits per heavy atom. The third-order valence-electron chi connectivity index (χ3n) is 5.00. The standard InChI is InChI=1S/C17H23.Ti/c1-9-10(2)12(4)16-15(11(9)3)13(5)14(6)17(16,7)8;/h7H2,1-6,8H3;/q-1;+2. The zero-order chi connectivity index (χ0) is 13.1. The molecule has 0 heterocycles. The molecule has 2 rings (SSSR count). The predicted molar refractivity (Wildman–Crippen MR) is 76.4 cm³/mol. The van der Waals surface area contributed by atoms with Crippen LogP contribution in [0.3, 0.4) is 0 Å². The van der Waals surface area contributed by atoms with Gasteiger partial charge in [0.2, 0.25) is 0 Å². The van der Waals surface area contributed by atoms with Gasteiger partial charge in [0.25, 0.3) is 0 Å². The van der Waals surface area contributed by atoms with E-state index in [2.05, 4.69) is 55.4 Å². The molecule has 0 aliphatic heterocycles. The first kappa shape index (κ1) is 15.7. The van der Waals surface area contributed by atoms with Gasteiger partial charge in [0.15, 0.2) is 0 Å². The quantitative estimate of drug-likeness (QED) is 0.470. The Morgan fingerprint density at radius 3 is 1.72 bits per heavy atom. The molecular formula is C17H23Ti+. The van der Waals surface area contributed by atoms with Crippen LogP contribution in [-0.4, -0.2) is 0 Å². The molecule has 0 aromatic heterocycles. The maximum atomic E-state index is 4.46. The topological polar surface area (TPSA) is 0 Å². The van der Waals surface area contributed by atoms with Gasteiger partial charge in [0.05, 0.1) is 0 Å². The Balaban J connectivity index is 0.00000162. The Labute approximate surface area is 127 Å². The van der Waals surface area contributed by atoms with Crippen molar-refractivity contribution in [3.8, 4) is 0 Å². The maximum absolute atomic E-state index is 4.46. The maximum Gasteiger partial charge on any atom is 2.00 e. The Morgan fingerprint density at radius 2 is 1.22 bits per heavy atom. The average Bonchev–Trinajstić information content (AvgIpc) is 2.44. The summed E-state index contributed by atoms with van der Waals surface area (Å²) in [6.07, 6.45) is 0. The van der Waals surface area contributed by atoms with Crippen molar-refractivity contribution in [1.29, 1.82) is 0 Å². The van der Waals surface area contributed by atoms with E-state index in [1.165, 1.54) is 44.5 Å². The summed E-state index contributed by atoms with van der Waals surface area (Å²) in [7, 11) is 0. The van der Waals surface area contributed by atoms with Crippen LogP contribution in [0.25, 0.3) is 5.57 Å². The molecule has 0 spiro atoms. The van der Waals surface area contributed by atoms with Crippen LogP contribution in [0.15, 0.2) is 5.57 Å². The van der Waals surface area contributed by atoms with E-state index >= 15 is 0 Å². The molecule has 1 aromatic rings. The van der Waals surface area contributed by atoms with Crippen molar-refractivity contribution in [2.75, 3.05) is 0 Å². The third kappa shape index (κ3) is 1.77. The fourth-order valence-corrected chi connectivity index (χ4v) is 3.26. The molecule has 18 heavy (non-hydrogen) atoms. The zero-order valence-corrected chi connectivity index (χ0v) is 14.3. The molecule has 0 saturated heterocycles. The molecule has 0 radical (unpaired) electrons. The molecule has 0 N–H and O–H groups in total. The van der Waals surface area contributed by atoms with Gasteiger partial charge in [0.1, 0.15) is 0 Å². The molecule has 0 fully saturated rings. The fraction of sp³-hybridized carbons (Fsp3) is 0.471. The van der Waals surface area contributed by atoms with Gasteiger partial charge in [-0.25, -0.2) is 0 Å². The van der Waals surface area contributed by atoms with Crippen LogP contribution in [0.4, 0.5) is 0 Å². The summed E-state index contributed by atoms with van der Waals surface area (Å²) >= 11 is 0. The van der Waals surface area contributed by atoms with Gasteiger partial charge in [-0.1, -0.05) is 18.1 Å². The number of benzene rings is 1. The summed E-state index contributed by atoms with van der Waals surface area (Å²) in [6, 6.07) is 0. The summed E-state index contributed by atoms with van der Waals surface area (Å²) in [6.45, 7) is 20.1. The van der Waals surface area contributed by atoms with Gasteiger partial charge in [0, 0.05) is 0 Å². The number of rotatable bonds is 0. The molecule has 1 aromatic carbocycles. The van der Waals surface area contributed by atoms with Crippen molar-refractivity contribution in [3.63, 3.8) is 0 Å². The number of allylic oxidation sites excluding steroid dienone is 2. The van der Waals surface area contributed by atoms with Gasteiger partial charge in [-0.05, 0) is 74.9 Å². The van der Waals surface area contributed by atoms with Crippen LogP contribution in [0.5, 0.6) is 0 Å². The molecule has 94 valence electrons. The average molecular weight is 275 g/mol. The molecule has 1 aliphatic rings. The first-order valence-corrected chi connectivity index (χ1v) is 6.35. The predicted octanol–water partition coefficient (Wildman–Crippen LogP) is 4.82. The second kappa shape index (κ2) is 4.65. The van der Waals surface area contributed by atoms with Crippen molar-refractivity contribution in [2.45, 2.75) is 53.9 Å². The molecular weight excluding hydrogens is 252 g/mol. The molecule has 0 amide bonds. The Hall–Kier alpha value is -0.326. The summed E-state index contributed by atoms with van der Waals surface area (Å²) in [4.78, 5) is 0. The van der Waals surface area contributed by atoms with E-state index in [0.717, 1.165) is 0 Å². The van der Waals surface area contributed by atoms with Gasteiger partial charge in [-0.15, -0.1) is 5.41 Å². The van der Waals surface area contributed by atoms with Crippen LogP contribution in [-0.2, 0) is 27.1 Å². The Kier molecular flexibility index (Phi) is 4.07. The molecule has 0 bridgehead atoms. The normalized spacial score (nSPS) is 22.0. The minimum atomic E-state index is -0.0489. The minimum absolute atomic E-state index is 0. The Bertz CT molecular complexity index is 545. The first-order valence-electron chi connectivity index (χ1n) is 6.35. The van der Waals surface area contributed by atoms with Crippen molar-refractivity contribution in [3.05, 3.63) is 45.9 Å². The van der Waals surface area contributed by atoms with E-state index in [4.69, 9.17) is 0 Å². The summed E-state index contributed by atoms with van der Waals surface area (Å²) < 4.78 is 0. The fourth-order valence-electron chi connectivity index (χ4n) is 3.26. The zero-order valence-electron chi connectivity index (χ0n) is 12.7. The number of fused-ring (bicyclic) bond motifs is 1. The van der Waals surface area contributed by atoms with Crippen molar-refractivity contribution in [1.82, 2.24) is 0 Å². The van der Waals surface area contributed by atoms with E-state index in [9.17, 15) is 0 Å². The third-order valence-corrected chi connectivity index (χ3v) is 5.00. The molecule has 0 saturated carbocycles. The largest absolute Gasteiger partial charge is 2.00 e. The van der Waals surface area contributed by atoms with Gasteiger partial charge >= 0.3 is 21.7 Å². The second-order valence-corrected chi connectivity index (χ2v) is 5.83. The van der Waals surface area contributed by atoms with Gasteiger partial charge in [-0.2, -0.15) is 0 Å². The number of hydrogen-bond acceptors (Lipinski definition) is 0. The van der Waals surface area contributed by atoms with Crippen LogP contribution in [0.2, 0.25) is 0 Å². The summed E-state index contributed by atoms with van der Waals surface area (Å²) in [5.41, 5.74) is 11.4. The second-order valence-electron chi connectivity index (χ2n) is 5.83.